The molecule has 2 aromatic carbocycles. The number of benzene rings is 2. The summed E-state index contributed by atoms with van der Waals surface area (Å²) >= 11 is 25.2. The molecule has 0 amide bonds. The van der Waals surface area contributed by atoms with Gasteiger partial charge in [-0.1, -0.05) is 23.2 Å². The van der Waals surface area contributed by atoms with Gasteiger partial charge in [-0.15, -0.1) is 0 Å². The first kappa shape index (κ1) is 18.6. The van der Waals surface area contributed by atoms with Gasteiger partial charge in [0.15, 0.2) is 0 Å². The first-order valence-corrected chi connectivity index (χ1v) is 9.57. The highest BCUT2D eigenvalue weighted by Crippen LogP contribution is 2.42. The van der Waals surface area contributed by atoms with Crippen molar-refractivity contribution in [1.29, 1.82) is 0 Å². The molecule has 0 radical (unpaired) electrons. The predicted octanol–water partition coefficient (Wildman–Crippen LogP) is 7.34. The zero-order valence-corrected chi connectivity index (χ0v) is 18.3. The molecule has 2 N–H and O–H groups in total. The van der Waals surface area contributed by atoms with Gasteiger partial charge < -0.3 is 10.2 Å². The van der Waals surface area contributed by atoms with Gasteiger partial charge in [-0.05, 0) is 99.1 Å². The summed E-state index contributed by atoms with van der Waals surface area (Å²) in [4.78, 5) is 0. The van der Waals surface area contributed by atoms with E-state index in [1.165, 1.54) is 0 Å². The van der Waals surface area contributed by atoms with Gasteiger partial charge in [0.1, 0.15) is 16.0 Å². The molecule has 0 aliphatic rings. The first-order valence-electron chi connectivity index (χ1n) is 5.64. The highest BCUT2D eigenvalue weighted by molar-refractivity contribution is 9.11. The van der Waals surface area contributed by atoms with E-state index in [2.05, 4.69) is 63.7 Å². The molecule has 2 rings (SSSR count). The van der Waals surface area contributed by atoms with Crippen LogP contribution in [0.5, 0.6) is 11.5 Å². The van der Waals surface area contributed by atoms with Gasteiger partial charge >= 0.3 is 0 Å². The number of aromatic hydroxyl groups is 2. The van der Waals surface area contributed by atoms with E-state index < -0.39 is 0 Å². The Balaban J connectivity index is 2.71. The Morgan fingerprint density at radius 3 is 1.18 bits per heavy atom. The van der Waals surface area contributed by atoms with E-state index in [-0.39, 0.29) is 16.0 Å². The van der Waals surface area contributed by atoms with Crippen molar-refractivity contribution in [2.75, 3.05) is 0 Å². The summed E-state index contributed by atoms with van der Waals surface area (Å²) in [6, 6.07) is 6.81. The minimum absolute atomic E-state index is 0.0639. The number of hydrogen-bond acceptors (Lipinski definition) is 2. The molecule has 0 bridgehead atoms. The van der Waals surface area contributed by atoms with Crippen molar-refractivity contribution in [1.82, 2.24) is 0 Å². The Bertz CT molecular complexity index is 681. The summed E-state index contributed by atoms with van der Waals surface area (Å²) < 4.78 is 2.07. The molecule has 8 heteroatoms. The number of rotatable bonds is 2. The van der Waals surface area contributed by atoms with E-state index in [9.17, 15) is 10.2 Å². The summed E-state index contributed by atoms with van der Waals surface area (Å²) in [6.07, 6.45) is 0. The number of hydrogen-bond donors (Lipinski definition) is 2. The van der Waals surface area contributed by atoms with Gasteiger partial charge in [-0.25, -0.2) is 0 Å². The molecule has 116 valence electrons. The fourth-order valence-electron chi connectivity index (χ4n) is 1.80. The summed E-state index contributed by atoms with van der Waals surface area (Å²) in [5.74, 6) is 0.170. The fraction of sp³-hybridized carbons (Fsp3) is 0. The minimum atomic E-state index is 0.0639. The SMILES string of the molecule is Oc1c(Br)cc(C(=C(Cl)Cl)c2cc(Br)c(O)c(Br)c2)cc1Br. The van der Waals surface area contributed by atoms with Crippen LogP contribution in [0, 0.1) is 0 Å². The van der Waals surface area contributed by atoms with Crippen LogP contribution in [0.3, 0.4) is 0 Å². The molecular formula is C14H6Br4Cl2O2. The molecule has 0 aliphatic carbocycles. The van der Waals surface area contributed by atoms with Crippen molar-refractivity contribution in [3.63, 3.8) is 0 Å². The van der Waals surface area contributed by atoms with Crippen LogP contribution in [0.4, 0.5) is 0 Å². The van der Waals surface area contributed by atoms with Crippen molar-refractivity contribution in [3.8, 4) is 11.5 Å². The Morgan fingerprint density at radius 1 is 0.682 bits per heavy atom. The molecule has 0 unspecified atom stereocenters. The van der Waals surface area contributed by atoms with Crippen molar-refractivity contribution in [2.45, 2.75) is 0 Å². The highest BCUT2D eigenvalue weighted by atomic mass is 79.9. The number of phenolic OH excluding ortho intramolecular Hbond substituents is 2. The van der Waals surface area contributed by atoms with Gasteiger partial charge in [0.05, 0.1) is 17.9 Å². The maximum Gasteiger partial charge on any atom is 0.143 e. The van der Waals surface area contributed by atoms with Crippen LogP contribution in [0.15, 0.2) is 46.6 Å². The van der Waals surface area contributed by atoms with E-state index in [4.69, 9.17) is 23.2 Å². The maximum absolute atomic E-state index is 9.82. The highest BCUT2D eigenvalue weighted by Gasteiger charge is 2.16. The van der Waals surface area contributed by atoms with E-state index in [0.29, 0.717) is 34.6 Å². The van der Waals surface area contributed by atoms with Crippen molar-refractivity contribution < 1.29 is 10.2 Å². The van der Waals surface area contributed by atoms with Crippen LogP contribution in [0.2, 0.25) is 0 Å². The van der Waals surface area contributed by atoms with Crippen LogP contribution in [-0.4, -0.2) is 10.2 Å². The lowest BCUT2D eigenvalue weighted by molar-refractivity contribution is 0.468. The summed E-state index contributed by atoms with van der Waals surface area (Å²) in [5.41, 5.74) is 1.95. The third-order valence-corrected chi connectivity index (χ3v) is 5.60. The van der Waals surface area contributed by atoms with Gasteiger partial charge in [-0.2, -0.15) is 0 Å². The number of halogens is 6. The zero-order chi connectivity index (χ0) is 16.6. The second-order valence-electron chi connectivity index (χ2n) is 4.21. The second-order valence-corrected chi connectivity index (χ2v) is 8.58. The molecule has 0 fully saturated rings. The third-order valence-electron chi connectivity index (χ3n) is 2.80. The second kappa shape index (κ2) is 7.45. The van der Waals surface area contributed by atoms with Gasteiger partial charge in [0, 0.05) is 5.57 Å². The van der Waals surface area contributed by atoms with Crippen LogP contribution >= 0.6 is 86.9 Å². The lowest BCUT2D eigenvalue weighted by Gasteiger charge is -2.13. The van der Waals surface area contributed by atoms with Crippen molar-refractivity contribution in [3.05, 3.63) is 57.8 Å². The lowest BCUT2D eigenvalue weighted by Crippen LogP contribution is -1.91. The maximum atomic E-state index is 9.82. The van der Waals surface area contributed by atoms with Gasteiger partial charge in [-0.3, -0.25) is 0 Å². The normalized spacial score (nSPS) is 10.6. The van der Waals surface area contributed by atoms with E-state index in [0.717, 1.165) is 0 Å². The predicted molar refractivity (Wildman–Crippen MR) is 105 cm³/mol. The molecular weight excluding hydrogens is 591 g/mol. The van der Waals surface area contributed by atoms with Gasteiger partial charge in [0.25, 0.3) is 0 Å². The molecule has 22 heavy (non-hydrogen) atoms. The Hall–Kier alpha value is 0.280. The Morgan fingerprint density at radius 2 is 0.955 bits per heavy atom. The van der Waals surface area contributed by atoms with E-state index >= 15 is 0 Å². The largest absolute Gasteiger partial charge is 0.506 e. The van der Waals surface area contributed by atoms with Crippen LogP contribution in [0.1, 0.15) is 11.1 Å². The first-order chi connectivity index (χ1) is 10.2. The zero-order valence-electron chi connectivity index (χ0n) is 10.5. The molecule has 0 aliphatic heterocycles. The minimum Gasteiger partial charge on any atom is -0.506 e. The summed E-state index contributed by atoms with van der Waals surface area (Å²) in [7, 11) is 0. The van der Waals surface area contributed by atoms with Crippen LogP contribution in [-0.2, 0) is 0 Å². The molecule has 2 nitrogen and oxygen atoms in total. The smallest absolute Gasteiger partial charge is 0.143 e. The fourth-order valence-corrected chi connectivity index (χ4v) is 4.61. The van der Waals surface area contributed by atoms with Crippen LogP contribution < -0.4 is 0 Å². The quantitative estimate of drug-likeness (QED) is 0.381. The molecule has 0 heterocycles. The standard InChI is InChI=1S/C14H6Br4Cl2O2/c15-7-1-5(2-8(16)12(7)21)11(14(19)20)6-3-9(17)13(22)10(18)4-6/h1-4,21-22H. The average Bonchev–Trinajstić information content (AvgIpc) is 2.41. The lowest BCUT2D eigenvalue weighted by atomic mass is 9.99. The topological polar surface area (TPSA) is 40.5 Å². The van der Waals surface area contributed by atoms with Gasteiger partial charge in [0.2, 0.25) is 0 Å². The summed E-state index contributed by atoms with van der Waals surface area (Å²) in [6.45, 7) is 0. The van der Waals surface area contributed by atoms with E-state index in [1.54, 1.807) is 24.3 Å². The van der Waals surface area contributed by atoms with Crippen molar-refractivity contribution >= 4 is 92.5 Å². The summed E-state index contributed by atoms with van der Waals surface area (Å²) in [5, 5.41) is 19.6. The average molecular weight is 597 g/mol. The molecule has 0 spiro atoms. The Kier molecular flexibility index (Phi) is 6.30. The van der Waals surface area contributed by atoms with Crippen molar-refractivity contribution in [2.24, 2.45) is 0 Å². The molecule has 0 saturated carbocycles. The van der Waals surface area contributed by atoms with Crippen LogP contribution in [0.25, 0.3) is 5.57 Å². The third kappa shape index (κ3) is 3.84. The monoisotopic (exact) mass is 592 g/mol. The van der Waals surface area contributed by atoms with E-state index in [1.807, 2.05) is 0 Å². The molecule has 0 aromatic heterocycles. The molecule has 0 saturated heterocycles. The molecule has 0 atom stereocenters. The number of phenols is 2. The Labute approximate surface area is 170 Å². The molecule has 2 aromatic rings.